The van der Waals surface area contributed by atoms with Crippen LogP contribution in [0, 0.1) is 0 Å². The molecule has 1 aromatic heterocycles. The molecule has 0 saturated heterocycles. The first kappa shape index (κ1) is 39.4. The van der Waals surface area contributed by atoms with Crippen molar-refractivity contribution < 1.29 is 0 Å². The van der Waals surface area contributed by atoms with Crippen LogP contribution in [0.2, 0.25) is 0 Å². The van der Waals surface area contributed by atoms with Crippen LogP contribution in [-0.2, 0) is 5.41 Å². The fourth-order valence-electron chi connectivity index (χ4n) is 11.1. The van der Waals surface area contributed by atoms with E-state index in [0.717, 1.165) is 50.8 Å². The predicted molar refractivity (Wildman–Crippen MR) is 285 cm³/mol. The number of aromatic nitrogens is 1. The van der Waals surface area contributed by atoms with Crippen LogP contribution in [0.5, 0.6) is 0 Å². The van der Waals surface area contributed by atoms with Gasteiger partial charge in [0.1, 0.15) is 0 Å². The van der Waals surface area contributed by atoms with Crippen LogP contribution in [0.3, 0.4) is 0 Å². The van der Waals surface area contributed by atoms with Gasteiger partial charge in [0.25, 0.3) is 0 Å². The van der Waals surface area contributed by atoms with Crippen molar-refractivity contribution >= 4 is 66.7 Å². The van der Waals surface area contributed by atoms with Crippen molar-refractivity contribution in [3.63, 3.8) is 0 Å². The first-order valence-corrected chi connectivity index (χ1v) is 23.4. The molecule has 0 aliphatic heterocycles. The summed E-state index contributed by atoms with van der Waals surface area (Å²) in [5, 5.41) is 4.83. The Balaban J connectivity index is 1.16. The summed E-state index contributed by atoms with van der Waals surface area (Å²) in [6.07, 6.45) is 0. The second kappa shape index (κ2) is 16.2. The van der Waals surface area contributed by atoms with Crippen LogP contribution in [0.4, 0.5) is 34.1 Å². The molecule has 1 aliphatic carbocycles. The minimum absolute atomic E-state index is 0.586. The van der Waals surface area contributed by atoms with Crippen molar-refractivity contribution in [2.24, 2.45) is 0 Å². The highest BCUT2D eigenvalue weighted by atomic mass is 15.2. The minimum atomic E-state index is -0.586. The van der Waals surface area contributed by atoms with Gasteiger partial charge in [-0.2, -0.15) is 0 Å². The molecule has 0 fully saturated rings. The van der Waals surface area contributed by atoms with E-state index < -0.39 is 5.41 Å². The Morgan fingerprint density at radius 3 is 1.32 bits per heavy atom. The standard InChI is InChI=1S/C65H45N3/c1-7-25-48(26-8-1)65(49-27-9-2-10-28-49)59-42-47-24-20-19-23-46(47)41-58(59)56-40-39-54(43-60(56)65)68-61-38-22-21-37-57(61)64-62(67(52-33-15-5-16-34-52)53-35-17-6-18-36-53)44-55(45-63(64)68)66(50-29-11-3-12-30-50)51-31-13-4-14-32-51/h1-45H. The van der Waals surface area contributed by atoms with Crippen molar-refractivity contribution in [3.8, 4) is 16.8 Å². The number of para-hydroxylation sites is 5. The number of benzene rings is 11. The lowest BCUT2D eigenvalue weighted by atomic mass is 9.67. The molecule has 13 rings (SSSR count). The molecule has 0 saturated carbocycles. The Labute approximate surface area is 396 Å². The Hall–Kier alpha value is -8.92. The van der Waals surface area contributed by atoms with Gasteiger partial charge in [-0.25, -0.2) is 0 Å². The summed E-state index contributed by atoms with van der Waals surface area (Å²) in [6, 6.07) is 100.0. The molecule has 3 heteroatoms. The smallest absolute Gasteiger partial charge is 0.0714 e. The van der Waals surface area contributed by atoms with E-state index in [9.17, 15) is 0 Å². The maximum atomic E-state index is 2.51. The first-order chi connectivity index (χ1) is 33.8. The lowest BCUT2D eigenvalue weighted by Crippen LogP contribution is -2.28. The van der Waals surface area contributed by atoms with Gasteiger partial charge in [-0.15, -0.1) is 0 Å². The van der Waals surface area contributed by atoms with Gasteiger partial charge in [0.05, 0.1) is 27.8 Å². The van der Waals surface area contributed by atoms with E-state index in [0.29, 0.717) is 0 Å². The van der Waals surface area contributed by atoms with Crippen LogP contribution in [0.25, 0.3) is 49.4 Å². The average Bonchev–Trinajstić information content (AvgIpc) is 3.89. The molecule has 12 aromatic rings. The van der Waals surface area contributed by atoms with E-state index in [1.807, 2.05) is 0 Å². The highest BCUT2D eigenvalue weighted by molar-refractivity contribution is 6.18. The monoisotopic (exact) mass is 867 g/mol. The fourth-order valence-corrected chi connectivity index (χ4v) is 11.1. The highest BCUT2D eigenvalue weighted by Gasteiger charge is 2.46. The molecule has 3 nitrogen and oxygen atoms in total. The van der Waals surface area contributed by atoms with Gasteiger partial charge in [0.2, 0.25) is 0 Å². The summed E-state index contributed by atoms with van der Waals surface area (Å²) in [5.74, 6) is 0. The number of fused-ring (bicyclic) bond motifs is 7. The molecule has 0 spiro atoms. The zero-order valence-corrected chi connectivity index (χ0v) is 37.3. The van der Waals surface area contributed by atoms with Crippen molar-refractivity contribution in [3.05, 3.63) is 295 Å². The summed E-state index contributed by atoms with van der Waals surface area (Å²) >= 11 is 0. The molecule has 0 radical (unpaired) electrons. The predicted octanol–water partition coefficient (Wildman–Crippen LogP) is 17.2. The number of hydrogen-bond acceptors (Lipinski definition) is 2. The van der Waals surface area contributed by atoms with Gasteiger partial charge >= 0.3 is 0 Å². The van der Waals surface area contributed by atoms with Gasteiger partial charge in [-0.1, -0.05) is 182 Å². The Morgan fingerprint density at radius 1 is 0.309 bits per heavy atom. The lowest BCUT2D eigenvalue weighted by Gasteiger charge is -2.34. The SMILES string of the molecule is c1ccc(N(c2ccccc2)c2cc(N(c3ccccc3)c3ccccc3)c3c4ccccc4n(-c4ccc5c(c4)C(c4ccccc4)(c4ccccc4)c4cc6ccccc6cc4-5)c3c2)cc1. The second-order valence-electron chi connectivity index (χ2n) is 17.7. The maximum absolute atomic E-state index is 2.51. The molecule has 0 amide bonds. The van der Waals surface area contributed by atoms with E-state index in [-0.39, 0.29) is 0 Å². The number of anilines is 6. The van der Waals surface area contributed by atoms with Gasteiger partial charge in [0, 0.05) is 39.2 Å². The number of hydrogen-bond donors (Lipinski definition) is 0. The molecule has 1 aliphatic rings. The summed E-state index contributed by atoms with van der Waals surface area (Å²) in [5.41, 5.74) is 16.8. The average molecular weight is 868 g/mol. The van der Waals surface area contributed by atoms with E-state index in [1.54, 1.807) is 0 Å². The quantitative estimate of drug-likeness (QED) is 0.143. The summed E-state index contributed by atoms with van der Waals surface area (Å²) in [4.78, 5) is 4.82. The summed E-state index contributed by atoms with van der Waals surface area (Å²) in [6.45, 7) is 0. The third kappa shape index (κ3) is 6.21. The van der Waals surface area contributed by atoms with Crippen LogP contribution in [0.1, 0.15) is 22.3 Å². The van der Waals surface area contributed by atoms with Gasteiger partial charge in [0.15, 0.2) is 0 Å². The first-order valence-electron chi connectivity index (χ1n) is 23.4. The molecule has 0 N–H and O–H groups in total. The fraction of sp³-hybridized carbons (Fsp3) is 0.0154. The highest BCUT2D eigenvalue weighted by Crippen LogP contribution is 2.58. The Bertz CT molecular complexity index is 3660. The third-order valence-corrected chi connectivity index (χ3v) is 14.0. The molecule has 11 aromatic carbocycles. The van der Waals surface area contributed by atoms with Crippen molar-refractivity contribution in [2.75, 3.05) is 9.80 Å². The van der Waals surface area contributed by atoms with E-state index in [2.05, 4.69) is 287 Å². The van der Waals surface area contributed by atoms with Crippen LogP contribution >= 0.6 is 0 Å². The van der Waals surface area contributed by atoms with Gasteiger partial charge < -0.3 is 14.4 Å². The lowest BCUT2D eigenvalue weighted by molar-refractivity contribution is 0.768. The van der Waals surface area contributed by atoms with Crippen molar-refractivity contribution in [1.29, 1.82) is 0 Å². The van der Waals surface area contributed by atoms with Crippen molar-refractivity contribution in [1.82, 2.24) is 4.57 Å². The Kier molecular flexibility index (Phi) is 9.40. The topological polar surface area (TPSA) is 11.4 Å². The molecular weight excluding hydrogens is 823 g/mol. The summed E-state index contributed by atoms with van der Waals surface area (Å²) in [7, 11) is 0. The van der Waals surface area contributed by atoms with Crippen LogP contribution in [-0.4, -0.2) is 4.57 Å². The molecular formula is C65H45N3. The van der Waals surface area contributed by atoms with E-state index in [1.165, 1.54) is 54.9 Å². The second-order valence-corrected chi connectivity index (χ2v) is 17.7. The van der Waals surface area contributed by atoms with Crippen molar-refractivity contribution in [2.45, 2.75) is 5.41 Å². The molecule has 0 unspecified atom stereocenters. The molecule has 320 valence electrons. The maximum Gasteiger partial charge on any atom is 0.0714 e. The zero-order chi connectivity index (χ0) is 45.0. The van der Waals surface area contributed by atoms with Crippen LogP contribution in [0.15, 0.2) is 273 Å². The zero-order valence-electron chi connectivity index (χ0n) is 37.3. The van der Waals surface area contributed by atoms with Crippen LogP contribution < -0.4 is 9.80 Å². The number of rotatable bonds is 9. The largest absolute Gasteiger partial charge is 0.310 e. The van der Waals surface area contributed by atoms with E-state index in [4.69, 9.17) is 0 Å². The Morgan fingerprint density at radius 2 is 0.765 bits per heavy atom. The van der Waals surface area contributed by atoms with Gasteiger partial charge in [-0.05, 0) is 135 Å². The van der Waals surface area contributed by atoms with E-state index >= 15 is 0 Å². The molecule has 68 heavy (non-hydrogen) atoms. The molecule has 0 bridgehead atoms. The normalized spacial score (nSPS) is 12.5. The molecule has 0 atom stereocenters. The minimum Gasteiger partial charge on any atom is -0.310 e. The molecule has 1 heterocycles. The third-order valence-electron chi connectivity index (χ3n) is 14.0. The van der Waals surface area contributed by atoms with Gasteiger partial charge in [-0.3, -0.25) is 0 Å². The summed E-state index contributed by atoms with van der Waals surface area (Å²) < 4.78 is 2.51. The number of nitrogens with zero attached hydrogens (tertiary/aromatic N) is 3.